The number of unbranched alkanes of at least 4 members (excludes halogenated alkanes) is 2. The largest absolute Gasteiger partial charge is 0.401 e. The van der Waals surface area contributed by atoms with E-state index in [4.69, 9.17) is 8.37 Å². The molecule has 0 aliphatic rings. The molecule has 0 rings (SSSR count). The van der Waals surface area contributed by atoms with Crippen molar-refractivity contribution in [3.05, 3.63) is 25.3 Å². The van der Waals surface area contributed by atoms with Crippen LogP contribution in [0.4, 0.5) is 0 Å². The molecule has 4 atom stereocenters. The fourth-order valence-corrected chi connectivity index (χ4v) is 4.26. The van der Waals surface area contributed by atoms with Crippen molar-refractivity contribution in [2.45, 2.75) is 104 Å². The van der Waals surface area contributed by atoms with Crippen LogP contribution in [0.15, 0.2) is 25.3 Å². The van der Waals surface area contributed by atoms with Gasteiger partial charge in [-0.3, -0.25) is 0 Å². The third kappa shape index (κ3) is 12.4. The Morgan fingerprint density at radius 3 is 1.41 bits per heavy atom. The molecule has 0 spiro atoms. The van der Waals surface area contributed by atoms with Crippen LogP contribution in [0.3, 0.4) is 0 Å². The van der Waals surface area contributed by atoms with Crippen molar-refractivity contribution in [3.63, 3.8) is 0 Å². The molecule has 0 aromatic rings. The first-order chi connectivity index (χ1) is 12.8. The first kappa shape index (κ1) is 26.4. The van der Waals surface area contributed by atoms with Crippen molar-refractivity contribution >= 4 is 10.4 Å². The lowest BCUT2D eigenvalue weighted by molar-refractivity contribution is 0.131. The van der Waals surface area contributed by atoms with Crippen molar-refractivity contribution < 1.29 is 16.8 Å². The Balaban J connectivity index is 4.79. The summed E-state index contributed by atoms with van der Waals surface area (Å²) in [6, 6.07) is 0. The minimum atomic E-state index is -4.10. The smallest absolute Gasteiger partial charge is 0.241 e. The molecular weight excluding hydrogens is 360 g/mol. The highest BCUT2D eigenvalue weighted by Gasteiger charge is 2.25. The molecule has 0 bridgehead atoms. The average Bonchev–Trinajstić information content (AvgIpc) is 2.66. The van der Waals surface area contributed by atoms with Crippen molar-refractivity contribution in [2.24, 2.45) is 11.8 Å². The Labute approximate surface area is 168 Å². The Hall–Kier alpha value is -0.650. The van der Waals surface area contributed by atoms with Crippen LogP contribution in [0.2, 0.25) is 0 Å². The van der Waals surface area contributed by atoms with Crippen molar-refractivity contribution in [1.82, 2.24) is 0 Å². The highest BCUT2D eigenvalue weighted by atomic mass is 32.3. The summed E-state index contributed by atoms with van der Waals surface area (Å²) >= 11 is 0. The molecule has 160 valence electrons. The standard InChI is InChI=1S/C22H42O4S/c1-7-13-15-19(9-3)17-21(11-5)25-27(23,24)26-22(12-6)18-20(10-4)16-14-8-2/h11-12,19-22H,5-10,13-18H2,1-4H3. The molecule has 0 aliphatic heterocycles. The maximum absolute atomic E-state index is 12.4. The predicted octanol–water partition coefficient (Wildman–Crippen LogP) is 6.59. The van der Waals surface area contributed by atoms with Gasteiger partial charge in [-0.15, -0.1) is 13.2 Å². The third-order valence-electron chi connectivity index (χ3n) is 5.23. The van der Waals surface area contributed by atoms with E-state index < -0.39 is 22.6 Å². The van der Waals surface area contributed by atoms with E-state index in [0.717, 1.165) is 51.4 Å². The van der Waals surface area contributed by atoms with E-state index in [2.05, 4.69) is 40.9 Å². The molecule has 0 fully saturated rings. The van der Waals surface area contributed by atoms with Crippen LogP contribution in [-0.4, -0.2) is 20.6 Å². The molecule has 0 radical (unpaired) electrons. The SMILES string of the molecule is C=CC(CC(CC)CCCC)OS(=O)(=O)OC(C=C)CC(CC)CCCC. The van der Waals surface area contributed by atoms with Crippen LogP contribution < -0.4 is 0 Å². The van der Waals surface area contributed by atoms with E-state index in [1.54, 1.807) is 12.2 Å². The van der Waals surface area contributed by atoms with E-state index in [0.29, 0.717) is 24.7 Å². The summed E-state index contributed by atoms with van der Waals surface area (Å²) in [6.07, 6.45) is 12.0. The molecule has 0 aromatic carbocycles. The van der Waals surface area contributed by atoms with Gasteiger partial charge >= 0.3 is 10.4 Å². The van der Waals surface area contributed by atoms with E-state index in [-0.39, 0.29) is 0 Å². The Morgan fingerprint density at radius 2 is 1.15 bits per heavy atom. The monoisotopic (exact) mass is 402 g/mol. The molecule has 27 heavy (non-hydrogen) atoms. The minimum absolute atomic E-state index is 0.428. The van der Waals surface area contributed by atoms with Crippen molar-refractivity contribution in [2.75, 3.05) is 0 Å². The summed E-state index contributed by atoms with van der Waals surface area (Å²) in [5.41, 5.74) is 0. The van der Waals surface area contributed by atoms with Crippen molar-refractivity contribution in [1.29, 1.82) is 0 Å². The molecule has 0 aromatic heterocycles. The van der Waals surface area contributed by atoms with Gasteiger partial charge in [-0.1, -0.05) is 91.2 Å². The second-order valence-corrected chi connectivity index (χ2v) is 8.65. The summed E-state index contributed by atoms with van der Waals surface area (Å²) in [7, 11) is -4.10. The van der Waals surface area contributed by atoms with Gasteiger partial charge in [0.1, 0.15) is 0 Å². The number of hydrogen-bond acceptors (Lipinski definition) is 4. The summed E-state index contributed by atoms with van der Waals surface area (Å²) in [5.74, 6) is 0.855. The van der Waals surface area contributed by atoms with Gasteiger partial charge in [-0.05, 0) is 24.7 Å². The quantitative estimate of drug-likeness (QED) is 0.243. The summed E-state index contributed by atoms with van der Waals surface area (Å²) < 4.78 is 35.4. The zero-order valence-electron chi connectivity index (χ0n) is 18.0. The number of rotatable bonds is 18. The highest BCUT2D eigenvalue weighted by molar-refractivity contribution is 7.81. The van der Waals surface area contributed by atoms with E-state index in [9.17, 15) is 8.42 Å². The van der Waals surface area contributed by atoms with Gasteiger partial charge in [-0.25, -0.2) is 8.37 Å². The van der Waals surface area contributed by atoms with Gasteiger partial charge in [0.05, 0.1) is 12.2 Å². The number of hydrogen-bond donors (Lipinski definition) is 0. The Kier molecular flexibility index (Phi) is 14.9. The molecule has 4 nitrogen and oxygen atoms in total. The van der Waals surface area contributed by atoms with Crippen LogP contribution in [0.1, 0.15) is 91.9 Å². The second kappa shape index (κ2) is 15.3. The highest BCUT2D eigenvalue weighted by Crippen LogP contribution is 2.24. The Bertz CT molecular complexity index is 449. The average molecular weight is 403 g/mol. The molecule has 0 amide bonds. The maximum atomic E-state index is 12.4. The fourth-order valence-electron chi connectivity index (χ4n) is 3.29. The van der Waals surface area contributed by atoms with E-state index in [1.807, 2.05) is 0 Å². The van der Waals surface area contributed by atoms with Crippen LogP contribution in [0.25, 0.3) is 0 Å². The summed E-state index contributed by atoms with van der Waals surface area (Å²) in [5, 5.41) is 0. The van der Waals surface area contributed by atoms with Crippen LogP contribution in [0.5, 0.6) is 0 Å². The topological polar surface area (TPSA) is 52.6 Å². The lowest BCUT2D eigenvalue weighted by Gasteiger charge is -2.23. The summed E-state index contributed by atoms with van der Waals surface area (Å²) in [6.45, 7) is 16.1. The normalized spacial score (nSPS) is 16.4. The van der Waals surface area contributed by atoms with E-state index in [1.165, 1.54) is 0 Å². The first-order valence-corrected chi connectivity index (χ1v) is 12.0. The zero-order chi connectivity index (χ0) is 20.7. The summed E-state index contributed by atoms with van der Waals surface area (Å²) in [4.78, 5) is 0. The van der Waals surface area contributed by atoms with Crippen LogP contribution >= 0.6 is 0 Å². The van der Waals surface area contributed by atoms with Gasteiger partial charge in [0, 0.05) is 0 Å². The molecule has 0 heterocycles. The van der Waals surface area contributed by atoms with Gasteiger partial charge < -0.3 is 0 Å². The van der Waals surface area contributed by atoms with Gasteiger partial charge in [0.15, 0.2) is 0 Å². The fraction of sp³-hybridized carbons (Fsp3) is 0.818. The minimum Gasteiger partial charge on any atom is -0.241 e. The molecular formula is C22H42O4S. The molecule has 0 saturated heterocycles. The zero-order valence-corrected chi connectivity index (χ0v) is 18.8. The second-order valence-electron chi connectivity index (χ2n) is 7.45. The lowest BCUT2D eigenvalue weighted by atomic mass is 9.93. The molecule has 0 saturated carbocycles. The molecule has 5 heteroatoms. The van der Waals surface area contributed by atoms with Gasteiger partial charge in [-0.2, -0.15) is 8.42 Å². The van der Waals surface area contributed by atoms with Crippen LogP contribution in [-0.2, 0) is 18.8 Å². The maximum Gasteiger partial charge on any atom is 0.401 e. The van der Waals surface area contributed by atoms with Gasteiger partial charge in [0.25, 0.3) is 0 Å². The third-order valence-corrected chi connectivity index (χ3v) is 6.19. The molecule has 4 unspecified atom stereocenters. The van der Waals surface area contributed by atoms with Crippen LogP contribution in [0, 0.1) is 11.8 Å². The lowest BCUT2D eigenvalue weighted by Crippen LogP contribution is -2.26. The first-order valence-electron chi connectivity index (χ1n) is 10.7. The van der Waals surface area contributed by atoms with Crippen molar-refractivity contribution in [3.8, 4) is 0 Å². The predicted molar refractivity (Wildman–Crippen MR) is 115 cm³/mol. The molecule has 0 N–H and O–H groups in total. The Morgan fingerprint density at radius 1 is 0.778 bits per heavy atom. The molecule has 0 aliphatic carbocycles. The van der Waals surface area contributed by atoms with Gasteiger partial charge in [0.2, 0.25) is 0 Å². The van der Waals surface area contributed by atoms with E-state index >= 15 is 0 Å².